The van der Waals surface area contributed by atoms with Crippen LogP contribution in [0.25, 0.3) is 0 Å². The maximum absolute atomic E-state index is 5.94. The van der Waals surface area contributed by atoms with E-state index in [2.05, 4.69) is 4.98 Å². The van der Waals surface area contributed by atoms with Gasteiger partial charge >= 0.3 is 0 Å². The summed E-state index contributed by atoms with van der Waals surface area (Å²) in [5, 5.41) is 0.305. The van der Waals surface area contributed by atoms with Gasteiger partial charge in [0.15, 0.2) is 5.75 Å². The van der Waals surface area contributed by atoms with Crippen LogP contribution in [0.5, 0.6) is 11.5 Å². The first-order valence-electron chi connectivity index (χ1n) is 4.60. The second-order valence-corrected chi connectivity index (χ2v) is 3.56. The van der Waals surface area contributed by atoms with Gasteiger partial charge in [-0.25, -0.2) is 4.98 Å². The van der Waals surface area contributed by atoms with Crippen LogP contribution < -0.4 is 16.2 Å². The third-order valence-corrected chi connectivity index (χ3v) is 2.37. The third-order valence-electron chi connectivity index (χ3n) is 1.99. The quantitative estimate of drug-likeness (QED) is 0.785. The van der Waals surface area contributed by atoms with Crippen molar-refractivity contribution in [2.75, 3.05) is 11.5 Å². The van der Waals surface area contributed by atoms with Crippen LogP contribution in [0.2, 0.25) is 5.02 Å². The molecule has 2 aromatic rings. The SMILES string of the molecule is Nc1ccc(Oc2ccnc(N)c2Cl)cc1. The summed E-state index contributed by atoms with van der Waals surface area (Å²) in [6.45, 7) is 0. The van der Waals surface area contributed by atoms with Crippen molar-refractivity contribution in [1.82, 2.24) is 4.98 Å². The lowest BCUT2D eigenvalue weighted by atomic mass is 10.3. The van der Waals surface area contributed by atoms with Crippen LogP contribution >= 0.6 is 11.6 Å². The molecule has 0 atom stereocenters. The van der Waals surface area contributed by atoms with E-state index in [9.17, 15) is 0 Å². The van der Waals surface area contributed by atoms with Crippen molar-refractivity contribution in [2.45, 2.75) is 0 Å². The molecule has 0 fully saturated rings. The molecule has 0 aliphatic rings. The summed E-state index contributed by atoms with van der Waals surface area (Å²) in [6.07, 6.45) is 1.54. The summed E-state index contributed by atoms with van der Waals surface area (Å²) in [5.41, 5.74) is 11.8. The van der Waals surface area contributed by atoms with E-state index in [1.165, 1.54) is 6.20 Å². The number of hydrogen-bond acceptors (Lipinski definition) is 4. The van der Waals surface area contributed by atoms with Crippen molar-refractivity contribution in [3.63, 3.8) is 0 Å². The third kappa shape index (κ3) is 2.17. The van der Waals surface area contributed by atoms with E-state index in [0.29, 0.717) is 22.2 Å². The number of nitrogen functional groups attached to an aromatic ring is 2. The first-order chi connectivity index (χ1) is 7.66. The van der Waals surface area contributed by atoms with E-state index < -0.39 is 0 Å². The molecule has 0 spiro atoms. The van der Waals surface area contributed by atoms with Crippen molar-refractivity contribution in [3.8, 4) is 11.5 Å². The molecule has 2 rings (SSSR count). The molecule has 1 aromatic heterocycles. The topological polar surface area (TPSA) is 74.2 Å². The average molecular weight is 236 g/mol. The van der Waals surface area contributed by atoms with Gasteiger partial charge in [-0.3, -0.25) is 0 Å². The fourth-order valence-electron chi connectivity index (χ4n) is 1.18. The molecule has 0 amide bonds. The van der Waals surface area contributed by atoms with E-state index in [1.54, 1.807) is 30.3 Å². The van der Waals surface area contributed by atoms with Gasteiger partial charge in [0.2, 0.25) is 0 Å². The molecule has 0 aliphatic heterocycles. The van der Waals surface area contributed by atoms with Crippen LogP contribution in [0.4, 0.5) is 11.5 Å². The van der Waals surface area contributed by atoms with E-state index in [-0.39, 0.29) is 5.82 Å². The van der Waals surface area contributed by atoms with E-state index >= 15 is 0 Å². The summed E-state index contributed by atoms with van der Waals surface area (Å²) in [5.74, 6) is 1.36. The van der Waals surface area contributed by atoms with Gasteiger partial charge in [0.1, 0.15) is 16.6 Å². The Balaban J connectivity index is 2.27. The zero-order valence-electron chi connectivity index (χ0n) is 8.35. The van der Waals surface area contributed by atoms with Crippen molar-refractivity contribution in [2.24, 2.45) is 0 Å². The van der Waals surface area contributed by atoms with Gasteiger partial charge in [0, 0.05) is 18.0 Å². The summed E-state index contributed by atoms with van der Waals surface area (Å²) >= 11 is 5.94. The number of pyridine rings is 1. The number of hydrogen-bond donors (Lipinski definition) is 2. The fraction of sp³-hybridized carbons (Fsp3) is 0. The molecule has 0 radical (unpaired) electrons. The van der Waals surface area contributed by atoms with Crippen molar-refractivity contribution < 1.29 is 4.74 Å². The average Bonchev–Trinajstić information content (AvgIpc) is 2.28. The Bertz CT molecular complexity index is 499. The van der Waals surface area contributed by atoms with Gasteiger partial charge in [0.25, 0.3) is 0 Å². The van der Waals surface area contributed by atoms with Crippen molar-refractivity contribution in [1.29, 1.82) is 0 Å². The summed E-state index contributed by atoms with van der Waals surface area (Å²) < 4.78 is 5.54. The number of aromatic nitrogens is 1. The van der Waals surface area contributed by atoms with Crippen LogP contribution in [-0.4, -0.2) is 4.98 Å². The number of benzene rings is 1. The Morgan fingerprint density at radius 1 is 1.06 bits per heavy atom. The zero-order chi connectivity index (χ0) is 11.5. The van der Waals surface area contributed by atoms with E-state index in [4.69, 9.17) is 27.8 Å². The molecule has 1 aromatic carbocycles. The van der Waals surface area contributed by atoms with E-state index in [1.807, 2.05) is 0 Å². The summed E-state index contributed by atoms with van der Waals surface area (Å²) in [4.78, 5) is 3.84. The van der Waals surface area contributed by atoms with Crippen LogP contribution in [0, 0.1) is 0 Å². The normalized spacial score (nSPS) is 10.1. The number of ether oxygens (including phenoxy) is 1. The van der Waals surface area contributed by atoms with Gasteiger partial charge in [-0.2, -0.15) is 0 Å². The minimum Gasteiger partial charge on any atom is -0.456 e. The summed E-state index contributed by atoms with van der Waals surface area (Å²) in [7, 11) is 0. The minimum atomic E-state index is 0.245. The van der Waals surface area contributed by atoms with Gasteiger partial charge < -0.3 is 16.2 Å². The highest BCUT2D eigenvalue weighted by Gasteiger charge is 2.06. The van der Waals surface area contributed by atoms with E-state index in [0.717, 1.165) is 0 Å². The second-order valence-electron chi connectivity index (χ2n) is 3.18. The molecule has 4 nitrogen and oxygen atoms in total. The maximum atomic E-state index is 5.94. The smallest absolute Gasteiger partial charge is 0.151 e. The van der Waals surface area contributed by atoms with Crippen LogP contribution in [0.1, 0.15) is 0 Å². The molecular weight excluding hydrogens is 226 g/mol. The zero-order valence-corrected chi connectivity index (χ0v) is 9.11. The molecule has 1 heterocycles. The lowest BCUT2D eigenvalue weighted by Gasteiger charge is -2.08. The number of rotatable bonds is 2. The lowest BCUT2D eigenvalue weighted by molar-refractivity contribution is 0.482. The number of halogens is 1. The Labute approximate surface area is 97.8 Å². The monoisotopic (exact) mass is 235 g/mol. The minimum absolute atomic E-state index is 0.245. The number of nitrogens with two attached hydrogens (primary N) is 2. The van der Waals surface area contributed by atoms with Gasteiger partial charge in [-0.1, -0.05) is 11.6 Å². The largest absolute Gasteiger partial charge is 0.456 e. The van der Waals surface area contributed by atoms with Gasteiger partial charge in [0.05, 0.1) is 0 Å². The highest BCUT2D eigenvalue weighted by Crippen LogP contribution is 2.32. The standard InChI is InChI=1S/C11H10ClN3O/c12-10-9(5-6-15-11(10)14)16-8-3-1-7(13)2-4-8/h1-6H,13H2,(H2,14,15). The van der Waals surface area contributed by atoms with Gasteiger partial charge in [-0.05, 0) is 24.3 Å². The molecule has 82 valence electrons. The highest BCUT2D eigenvalue weighted by atomic mass is 35.5. The highest BCUT2D eigenvalue weighted by molar-refractivity contribution is 6.34. The Kier molecular flexibility index (Phi) is 2.83. The predicted molar refractivity (Wildman–Crippen MR) is 64.6 cm³/mol. The van der Waals surface area contributed by atoms with Crippen LogP contribution in [-0.2, 0) is 0 Å². The molecule has 0 bridgehead atoms. The molecule has 5 heteroatoms. The summed E-state index contributed by atoms with van der Waals surface area (Å²) in [6, 6.07) is 8.64. The van der Waals surface area contributed by atoms with Crippen molar-refractivity contribution in [3.05, 3.63) is 41.6 Å². The number of anilines is 2. The molecule has 0 unspecified atom stereocenters. The Hall–Kier alpha value is -1.94. The van der Waals surface area contributed by atoms with Crippen LogP contribution in [0.15, 0.2) is 36.5 Å². The first-order valence-corrected chi connectivity index (χ1v) is 4.98. The molecule has 0 saturated heterocycles. The predicted octanol–water partition coefficient (Wildman–Crippen LogP) is 2.69. The molecule has 4 N–H and O–H groups in total. The number of nitrogens with zero attached hydrogens (tertiary/aromatic N) is 1. The van der Waals surface area contributed by atoms with Crippen LogP contribution in [0.3, 0.4) is 0 Å². The molecule has 0 aliphatic carbocycles. The fourth-order valence-corrected chi connectivity index (χ4v) is 1.33. The molecular formula is C11H10ClN3O. The Morgan fingerprint density at radius 3 is 2.44 bits per heavy atom. The molecule has 16 heavy (non-hydrogen) atoms. The maximum Gasteiger partial charge on any atom is 0.151 e. The molecule has 0 saturated carbocycles. The lowest BCUT2D eigenvalue weighted by Crippen LogP contribution is -1.93. The second kappa shape index (κ2) is 4.28. The van der Waals surface area contributed by atoms with Gasteiger partial charge in [-0.15, -0.1) is 0 Å². The first kappa shape index (κ1) is 10.6. The Morgan fingerprint density at radius 2 is 1.75 bits per heavy atom. The van der Waals surface area contributed by atoms with Crippen molar-refractivity contribution >= 4 is 23.1 Å².